The van der Waals surface area contributed by atoms with E-state index in [4.69, 9.17) is 11.6 Å². The molecule has 0 aromatic heterocycles. The SMILES string of the molecule is Cc1c(Cl)ccc(N=C=O)c1N=C=O. The molecule has 0 amide bonds. The van der Waals surface area contributed by atoms with Gasteiger partial charge in [-0.2, -0.15) is 9.98 Å². The highest BCUT2D eigenvalue weighted by Crippen LogP contribution is 2.35. The highest BCUT2D eigenvalue weighted by molar-refractivity contribution is 6.31. The maximum absolute atomic E-state index is 10.1. The molecule has 14 heavy (non-hydrogen) atoms. The molecule has 0 heterocycles. The Kier molecular flexibility index (Phi) is 3.32. The molecule has 0 saturated heterocycles. The smallest absolute Gasteiger partial charge is 0.211 e. The lowest BCUT2D eigenvalue weighted by molar-refractivity contribution is 0.564. The Hall–Kier alpha value is -1.73. The van der Waals surface area contributed by atoms with Crippen LogP contribution >= 0.6 is 11.6 Å². The molecule has 70 valence electrons. The van der Waals surface area contributed by atoms with Crippen LogP contribution in [0.1, 0.15) is 5.56 Å². The summed E-state index contributed by atoms with van der Waals surface area (Å²) in [6, 6.07) is 3.05. The first-order chi connectivity index (χ1) is 6.70. The third kappa shape index (κ3) is 1.95. The Morgan fingerprint density at radius 2 is 1.86 bits per heavy atom. The number of carbonyl (C=O) groups excluding carboxylic acids is 2. The fourth-order valence-electron chi connectivity index (χ4n) is 0.987. The van der Waals surface area contributed by atoms with Crippen molar-refractivity contribution in [2.75, 3.05) is 0 Å². The molecule has 0 saturated carbocycles. The van der Waals surface area contributed by atoms with Crippen molar-refractivity contribution in [1.82, 2.24) is 0 Å². The molecule has 5 heteroatoms. The van der Waals surface area contributed by atoms with Gasteiger partial charge in [-0.05, 0) is 24.6 Å². The average Bonchev–Trinajstić information content (AvgIpc) is 2.18. The van der Waals surface area contributed by atoms with Crippen molar-refractivity contribution < 1.29 is 9.59 Å². The molecular formula is C9H5ClN2O2. The number of rotatable bonds is 2. The molecule has 1 aromatic rings. The predicted molar refractivity (Wildman–Crippen MR) is 51.8 cm³/mol. The maximum atomic E-state index is 10.1. The lowest BCUT2D eigenvalue weighted by atomic mass is 10.2. The van der Waals surface area contributed by atoms with Crippen LogP contribution in [0.4, 0.5) is 11.4 Å². The van der Waals surface area contributed by atoms with Gasteiger partial charge in [0.2, 0.25) is 12.2 Å². The molecule has 0 spiro atoms. The van der Waals surface area contributed by atoms with Crippen molar-refractivity contribution in [3.63, 3.8) is 0 Å². The van der Waals surface area contributed by atoms with E-state index >= 15 is 0 Å². The molecular weight excluding hydrogens is 204 g/mol. The van der Waals surface area contributed by atoms with Crippen molar-refractivity contribution >= 4 is 35.1 Å². The predicted octanol–water partition coefficient (Wildman–Crippen LogP) is 2.58. The number of isocyanates is 2. The van der Waals surface area contributed by atoms with Crippen molar-refractivity contribution in [2.45, 2.75) is 6.92 Å². The maximum Gasteiger partial charge on any atom is 0.240 e. The van der Waals surface area contributed by atoms with Gasteiger partial charge in [-0.15, -0.1) is 0 Å². The quantitative estimate of drug-likeness (QED) is 0.554. The van der Waals surface area contributed by atoms with E-state index in [2.05, 4.69) is 9.98 Å². The summed E-state index contributed by atoms with van der Waals surface area (Å²) in [6.45, 7) is 1.67. The first-order valence-electron chi connectivity index (χ1n) is 3.65. The Labute approximate surface area is 84.9 Å². The minimum absolute atomic E-state index is 0.246. The summed E-state index contributed by atoms with van der Waals surface area (Å²) in [5, 5.41) is 0.448. The summed E-state index contributed by atoms with van der Waals surface area (Å²) in [7, 11) is 0. The molecule has 0 aliphatic heterocycles. The molecule has 0 fully saturated rings. The number of hydrogen-bond donors (Lipinski definition) is 0. The lowest BCUT2D eigenvalue weighted by Gasteiger charge is -2.02. The van der Waals surface area contributed by atoms with Gasteiger partial charge in [0.15, 0.2) is 0 Å². The van der Waals surface area contributed by atoms with Crippen LogP contribution < -0.4 is 0 Å². The van der Waals surface area contributed by atoms with E-state index in [-0.39, 0.29) is 11.4 Å². The average molecular weight is 209 g/mol. The molecule has 0 N–H and O–H groups in total. The van der Waals surface area contributed by atoms with Crippen molar-refractivity contribution in [3.8, 4) is 0 Å². The van der Waals surface area contributed by atoms with Crippen LogP contribution in [0.5, 0.6) is 0 Å². The second kappa shape index (κ2) is 4.49. The van der Waals surface area contributed by atoms with Gasteiger partial charge in [0.1, 0.15) is 11.4 Å². The van der Waals surface area contributed by atoms with Crippen LogP contribution in [0.2, 0.25) is 5.02 Å². The van der Waals surface area contributed by atoms with Gasteiger partial charge in [-0.1, -0.05) is 11.6 Å². The normalized spacial score (nSPS) is 8.71. The van der Waals surface area contributed by atoms with Crippen molar-refractivity contribution in [3.05, 3.63) is 22.7 Å². The molecule has 0 aliphatic carbocycles. The number of hydrogen-bond acceptors (Lipinski definition) is 4. The second-order valence-electron chi connectivity index (χ2n) is 2.45. The first kappa shape index (κ1) is 10.4. The zero-order valence-electron chi connectivity index (χ0n) is 7.24. The zero-order chi connectivity index (χ0) is 10.6. The minimum atomic E-state index is 0.246. The van der Waals surface area contributed by atoms with Gasteiger partial charge in [-0.3, -0.25) is 0 Å². The molecule has 1 aromatic carbocycles. The van der Waals surface area contributed by atoms with E-state index in [0.29, 0.717) is 10.6 Å². The summed E-state index contributed by atoms with van der Waals surface area (Å²) >= 11 is 5.79. The topological polar surface area (TPSA) is 58.9 Å². The monoisotopic (exact) mass is 208 g/mol. The van der Waals surface area contributed by atoms with Crippen LogP contribution in [-0.2, 0) is 9.59 Å². The van der Waals surface area contributed by atoms with E-state index in [1.54, 1.807) is 13.0 Å². The van der Waals surface area contributed by atoms with Crippen LogP contribution in [-0.4, -0.2) is 12.2 Å². The molecule has 0 aliphatic rings. The number of benzene rings is 1. The summed E-state index contributed by atoms with van der Waals surface area (Å²) in [6.07, 6.45) is 2.75. The van der Waals surface area contributed by atoms with Crippen LogP contribution in [0, 0.1) is 6.92 Å². The summed E-state index contributed by atoms with van der Waals surface area (Å²) in [5.41, 5.74) is 1.08. The largest absolute Gasteiger partial charge is 0.240 e. The highest BCUT2D eigenvalue weighted by atomic mass is 35.5. The van der Waals surface area contributed by atoms with Gasteiger partial charge in [0.05, 0.1) is 0 Å². The Morgan fingerprint density at radius 1 is 1.21 bits per heavy atom. The Morgan fingerprint density at radius 3 is 2.43 bits per heavy atom. The van der Waals surface area contributed by atoms with E-state index in [1.807, 2.05) is 0 Å². The summed E-state index contributed by atoms with van der Waals surface area (Å²) in [5.74, 6) is 0. The molecule has 0 radical (unpaired) electrons. The summed E-state index contributed by atoms with van der Waals surface area (Å²) < 4.78 is 0. The van der Waals surface area contributed by atoms with E-state index in [1.165, 1.54) is 18.2 Å². The number of aliphatic imine (C=N–C) groups is 2. The van der Waals surface area contributed by atoms with E-state index in [9.17, 15) is 9.59 Å². The van der Waals surface area contributed by atoms with E-state index < -0.39 is 0 Å². The molecule has 0 unspecified atom stereocenters. The first-order valence-corrected chi connectivity index (χ1v) is 4.03. The van der Waals surface area contributed by atoms with Gasteiger partial charge in [0, 0.05) is 5.02 Å². The van der Waals surface area contributed by atoms with Crippen molar-refractivity contribution in [1.29, 1.82) is 0 Å². The Balaban J connectivity index is 3.51. The third-order valence-electron chi connectivity index (χ3n) is 1.67. The van der Waals surface area contributed by atoms with Crippen LogP contribution in [0.15, 0.2) is 22.1 Å². The summed E-state index contributed by atoms with van der Waals surface area (Å²) in [4.78, 5) is 27.0. The molecule has 0 bridgehead atoms. The number of nitrogens with zero attached hydrogens (tertiary/aromatic N) is 2. The van der Waals surface area contributed by atoms with Gasteiger partial charge < -0.3 is 0 Å². The Bertz CT molecular complexity index is 458. The van der Waals surface area contributed by atoms with Gasteiger partial charge >= 0.3 is 0 Å². The van der Waals surface area contributed by atoms with Gasteiger partial charge in [0.25, 0.3) is 0 Å². The molecule has 4 nitrogen and oxygen atoms in total. The number of halogens is 1. The fraction of sp³-hybridized carbons (Fsp3) is 0.111. The highest BCUT2D eigenvalue weighted by Gasteiger charge is 2.07. The standard InChI is InChI=1S/C9H5ClN2O2/c1-6-7(10)2-3-8(11-4-13)9(6)12-5-14/h2-3H,1H3. The zero-order valence-corrected chi connectivity index (χ0v) is 8.00. The molecule has 1 rings (SSSR count). The van der Waals surface area contributed by atoms with Crippen LogP contribution in [0.3, 0.4) is 0 Å². The molecule has 0 atom stereocenters. The second-order valence-corrected chi connectivity index (χ2v) is 2.85. The lowest BCUT2D eigenvalue weighted by Crippen LogP contribution is -1.78. The van der Waals surface area contributed by atoms with Gasteiger partial charge in [-0.25, -0.2) is 9.59 Å². The minimum Gasteiger partial charge on any atom is -0.211 e. The van der Waals surface area contributed by atoms with E-state index in [0.717, 1.165) is 0 Å². The fourth-order valence-corrected chi connectivity index (χ4v) is 1.14. The van der Waals surface area contributed by atoms with Crippen LogP contribution in [0.25, 0.3) is 0 Å². The van der Waals surface area contributed by atoms with Crippen molar-refractivity contribution in [2.24, 2.45) is 9.98 Å². The third-order valence-corrected chi connectivity index (χ3v) is 2.08.